The number of ether oxygens (including phenoxy) is 1. The zero-order chi connectivity index (χ0) is 14.0. The smallest absolute Gasteiger partial charge is 0.249 e. The van der Waals surface area contributed by atoms with Crippen molar-refractivity contribution < 1.29 is 14.3 Å². The van der Waals surface area contributed by atoms with Crippen LogP contribution in [0.2, 0.25) is 0 Å². The Morgan fingerprint density at radius 2 is 2.16 bits per heavy atom. The number of nitrogens with zero attached hydrogens (tertiary/aromatic N) is 1. The van der Waals surface area contributed by atoms with E-state index in [1.807, 2.05) is 20.8 Å². The standard InChI is InChI=1S/C14H24N2O3/c1-4-6-11-12(17)15-14(3,5-2)13(18)16(11)10-7-8-19-9-10/h10-11H,4-9H2,1-3H3,(H,15,17). The van der Waals surface area contributed by atoms with Gasteiger partial charge in [-0.2, -0.15) is 0 Å². The molecule has 0 aromatic carbocycles. The molecule has 19 heavy (non-hydrogen) atoms. The van der Waals surface area contributed by atoms with Crippen LogP contribution in [0.4, 0.5) is 0 Å². The first-order valence-electron chi connectivity index (χ1n) is 7.26. The van der Waals surface area contributed by atoms with Crippen molar-refractivity contribution in [2.75, 3.05) is 13.2 Å². The van der Waals surface area contributed by atoms with Crippen molar-refractivity contribution in [2.45, 2.75) is 64.1 Å². The predicted molar refractivity (Wildman–Crippen MR) is 71.6 cm³/mol. The zero-order valence-electron chi connectivity index (χ0n) is 12.1. The summed E-state index contributed by atoms with van der Waals surface area (Å²) in [7, 11) is 0. The Hall–Kier alpha value is -1.10. The Balaban J connectivity index is 2.29. The number of rotatable bonds is 4. The molecule has 2 amide bonds. The molecule has 0 aliphatic carbocycles. The lowest BCUT2D eigenvalue weighted by atomic mass is 9.89. The van der Waals surface area contributed by atoms with Crippen LogP contribution in [0, 0.1) is 0 Å². The first-order chi connectivity index (χ1) is 9.03. The van der Waals surface area contributed by atoms with E-state index in [-0.39, 0.29) is 23.9 Å². The summed E-state index contributed by atoms with van der Waals surface area (Å²) in [5.41, 5.74) is -0.760. The first kappa shape index (κ1) is 14.3. The summed E-state index contributed by atoms with van der Waals surface area (Å²) in [4.78, 5) is 26.9. The van der Waals surface area contributed by atoms with Gasteiger partial charge in [-0.1, -0.05) is 20.3 Å². The third kappa shape index (κ3) is 2.48. The van der Waals surface area contributed by atoms with Gasteiger partial charge in [0, 0.05) is 6.61 Å². The fourth-order valence-electron chi connectivity index (χ4n) is 2.91. The summed E-state index contributed by atoms with van der Waals surface area (Å²) >= 11 is 0. The number of amides is 2. The second kappa shape index (κ2) is 5.49. The minimum atomic E-state index is -0.760. The van der Waals surface area contributed by atoms with Gasteiger partial charge in [0.1, 0.15) is 11.6 Å². The van der Waals surface area contributed by atoms with Crippen molar-refractivity contribution in [3.05, 3.63) is 0 Å². The average molecular weight is 268 g/mol. The lowest BCUT2D eigenvalue weighted by molar-refractivity contribution is -0.157. The number of hydrogen-bond acceptors (Lipinski definition) is 3. The molecule has 0 spiro atoms. The van der Waals surface area contributed by atoms with E-state index in [0.717, 1.165) is 12.8 Å². The topological polar surface area (TPSA) is 58.6 Å². The van der Waals surface area contributed by atoms with Gasteiger partial charge < -0.3 is 15.0 Å². The van der Waals surface area contributed by atoms with E-state index >= 15 is 0 Å². The van der Waals surface area contributed by atoms with Gasteiger partial charge >= 0.3 is 0 Å². The summed E-state index contributed by atoms with van der Waals surface area (Å²) in [6, 6.07) is -0.273. The molecule has 2 aliphatic heterocycles. The van der Waals surface area contributed by atoms with Crippen molar-refractivity contribution in [3.8, 4) is 0 Å². The van der Waals surface area contributed by atoms with Gasteiger partial charge in [-0.15, -0.1) is 0 Å². The average Bonchev–Trinajstić information content (AvgIpc) is 2.90. The third-order valence-electron chi connectivity index (χ3n) is 4.31. The number of hydrogen-bond donors (Lipinski definition) is 1. The normalized spacial score (nSPS) is 35.6. The number of carbonyl (C=O) groups is 2. The van der Waals surface area contributed by atoms with Crippen molar-refractivity contribution in [3.63, 3.8) is 0 Å². The molecule has 5 heteroatoms. The molecule has 2 aliphatic rings. The number of carbonyl (C=O) groups excluding carboxylic acids is 2. The lowest BCUT2D eigenvalue weighted by Gasteiger charge is -2.46. The third-order valence-corrected chi connectivity index (χ3v) is 4.31. The second-order valence-corrected chi connectivity index (χ2v) is 5.71. The van der Waals surface area contributed by atoms with Crippen LogP contribution >= 0.6 is 0 Å². The molecule has 0 radical (unpaired) electrons. The van der Waals surface area contributed by atoms with Crippen LogP contribution in [-0.2, 0) is 14.3 Å². The highest BCUT2D eigenvalue weighted by molar-refractivity contribution is 5.99. The second-order valence-electron chi connectivity index (χ2n) is 5.71. The molecule has 2 heterocycles. The van der Waals surface area contributed by atoms with Crippen LogP contribution in [0.1, 0.15) is 46.5 Å². The van der Waals surface area contributed by atoms with Gasteiger partial charge in [-0.05, 0) is 26.2 Å². The molecule has 3 unspecified atom stereocenters. The fraction of sp³-hybridized carbons (Fsp3) is 0.857. The highest BCUT2D eigenvalue weighted by Crippen LogP contribution is 2.28. The summed E-state index contributed by atoms with van der Waals surface area (Å²) in [5.74, 6) is 0.0289. The SMILES string of the molecule is CCCC1C(=O)NC(C)(CC)C(=O)N1C1CCOC1. The van der Waals surface area contributed by atoms with Gasteiger partial charge in [0.05, 0.1) is 12.6 Å². The van der Waals surface area contributed by atoms with Crippen molar-refractivity contribution >= 4 is 11.8 Å². The maximum Gasteiger partial charge on any atom is 0.249 e. The molecule has 0 aromatic heterocycles. The summed E-state index contributed by atoms with van der Waals surface area (Å²) < 4.78 is 5.40. The number of nitrogens with one attached hydrogen (secondary N) is 1. The van der Waals surface area contributed by atoms with Gasteiger partial charge in [-0.25, -0.2) is 0 Å². The molecule has 0 saturated carbocycles. The van der Waals surface area contributed by atoms with E-state index in [9.17, 15) is 9.59 Å². The Labute approximate surface area is 114 Å². The Morgan fingerprint density at radius 1 is 1.42 bits per heavy atom. The van der Waals surface area contributed by atoms with Crippen LogP contribution in [-0.4, -0.2) is 47.6 Å². The van der Waals surface area contributed by atoms with E-state index in [0.29, 0.717) is 26.1 Å². The van der Waals surface area contributed by atoms with Gasteiger partial charge in [-0.3, -0.25) is 9.59 Å². The molecule has 108 valence electrons. The maximum absolute atomic E-state index is 12.8. The van der Waals surface area contributed by atoms with Gasteiger partial charge in [0.2, 0.25) is 11.8 Å². The minimum Gasteiger partial charge on any atom is -0.379 e. The summed E-state index contributed by atoms with van der Waals surface area (Å²) in [6.07, 6.45) is 3.05. The van der Waals surface area contributed by atoms with Crippen molar-refractivity contribution in [2.24, 2.45) is 0 Å². The van der Waals surface area contributed by atoms with E-state index in [1.165, 1.54) is 0 Å². The highest BCUT2D eigenvalue weighted by atomic mass is 16.5. The van der Waals surface area contributed by atoms with Gasteiger partial charge in [0.15, 0.2) is 0 Å². The van der Waals surface area contributed by atoms with Crippen LogP contribution in [0.25, 0.3) is 0 Å². The largest absolute Gasteiger partial charge is 0.379 e. The molecule has 0 bridgehead atoms. The zero-order valence-corrected chi connectivity index (χ0v) is 12.1. The minimum absolute atomic E-state index is 0.0160. The molecule has 5 nitrogen and oxygen atoms in total. The van der Waals surface area contributed by atoms with E-state index in [4.69, 9.17) is 4.74 Å². The first-order valence-corrected chi connectivity index (χ1v) is 7.26. The van der Waals surface area contributed by atoms with E-state index in [1.54, 1.807) is 4.90 Å². The summed E-state index contributed by atoms with van der Waals surface area (Å²) in [5, 5.41) is 2.91. The van der Waals surface area contributed by atoms with Gasteiger partial charge in [0.25, 0.3) is 0 Å². The molecule has 0 aromatic rings. The number of piperazine rings is 1. The van der Waals surface area contributed by atoms with Crippen molar-refractivity contribution in [1.29, 1.82) is 0 Å². The van der Waals surface area contributed by atoms with Crippen molar-refractivity contribution in [1.82, 2.24) is 10.2 Å². The van der Waals surface area contributed by atoms with Crippen LogP contribution < -0.4 is 5.32 Å². The molecular formula is C14H24N2O3. The van der Waals surface area contributed by atoms with Crippen LogP contribution in [0.3, 0.4) is 0 Å². The fourth-order valence-corrected chi connectivity index (χ4v) is 2.91. The molecular weight excluding hydrogens is 244 g/mol. The Bertz CT molecular complexity index is 366. The monoisotopic (exact) mass is 268 g/mol. The Kier molecular flexibility index (Phi) is 4.13. The van der Waals surface area contributed by atoms with Crippen LogP contribution in [0.5, 0.6) is 0 Å². The molecule has 1 N–H and O–H groups in total. The maximum atomic E-state index is 12.8. The van der Waals surface area contributed by atoms with E-state index in [2.05, 4.69) is 5.32 Å². The summed E-state index contributed by atoms with van der Waals surface area (Å²) in [6.45, 7) is 7.02. The molecule has 3 atom stereocenters. The highest BCUT2D eigenvalue weighted by Gasteiger charge is 2.49. The molecule has 2 fully saturated rings. The molecule has 2 saturated heterocycles. The molecule has 2 rings (SSSR count). The Morgan fingerprint density at radius 3 is 2.68 bits per heavy atom. The predicted octanol–water partition coefficient (Wildman–Crippen LogP) is 1.07. The van der Waals surface area contributed by atoms with Crippen LogP contribution in [0.15, 0.2) is 0 Å². The quantitative estimate of drug-likeness (QED) is 0.829. The lowest BCUT2D eigenvalue weighted by Crippen LogP contribution is -2.70. The van der Waals surface area contributed by atoms with E-state index < -0.39 is 5.54 Å².